The summed E-state index contributed by atoms with van der Waals surface area (Å²) in [5.74, 6) is -1.14. The first-order valence-electron chi connectivity index (χ1n) is 7.96. The molecule has 8 nitrogen and oxygen atoms in total. The number of carboxylic acid groups (broad SMARTS) is 1. The summed E-state index contributed by atoms with van der Waals surface area (Å²) >= 11 is 1.19. The van der Waals surface area contributed by atoms with Crippen LogP contribution in [0.25, 0.3) is 0 Å². The fourth-order valence-corrected chi connectivity index (χ4v) is 3.61. The van der Waals surface area contributed by atoms with Gasteiger partial charge in [-0.25, -0.2) is 0 Å². The average Bonchev–Trinajstić information content (AvgIpc) is 2.95. The average molecular weight is 377 g/mol. The summed E-state index contributed by atoms with van der Waals surface area (Å²) in [7, 11) is 1.59. The number of hydrogen-bond acceptors (Lipinski definition) is 7. The number of anilines is 1. The van der Waals surface area contributed by atoms with E-state index in [0.29, 0.717) is 15.9 Å². The molecule has 26 heavy (non-hydrogen) atoms. The first-order chi connectivity index (χ1) is 12.3. The van der Waals surface area contributed by atoms with Crippen LogP contribution in [0.3, 0.4) is 0 Å². The number of rotatable bonds is 7. The van der Waals surface area contributed by atoms with Gasteiger partial charge in [0.05, 0.1) is 18.9 Å². The predicted octanol–water partition coefficient (Wildman–Crippen LogP) is 2.42. The summed E-state index contributed by atoms with van der Waals surface area (Å²) in [6.45, 7) is 3.75. The van der Waals surface area contributed by atoms with Gasteiger partial charge in [-0.05, 0) is 29.7 Å². The molecule has 1 saturated carbocycles. The number of amides is 1. The van der Waals surface area contributed by atoms with E-state index in [1.807, 2.05) is 0 Å². The van der Waals surface area contributed by atoms with Crippen LogP contribution < -0.4 is 14.8 Å². The van der Waals surface area contributed by atoms with Crippen LogP contribution >= 0.6 is 11.3 Å². The van der Waals surface area contributed by atoms with Crippen molar-refractivity contribution < 1.29 is 24.2 Å². The standard InChI is InChI=1S/C17H19N3O5S/c1-17(2)12(13(17)15(22)23)14(21)18-16-20-19-11(26-16)8-25-10-6-4-9(24-3)5-7-10/h4-7,12-13H,8H2,1-3H3,(H,22,23)(H,18,20,21)/t12-,13+/m1/s1. The van der Waals surface area contributed by atoms with Crippen molar-refractivity contribution in [3.63, 3.8) is 0 Å². The quantitative estimate of drug-likeness (QED) is 0.762. The molecule has 0 spiro atoms. The monoisotopic (exact) mass is 377 g/mol. The molecule has 1 aliphatic carbocycles. The second-order valence-corrected chi connectivity index (χ2v) is 7.63. The summed E-state index contributed by atoms with van der Waals surface area (Å²) in [5, 5.41) is 20.6. The highest BCUT2D eigenvalue weighted by atomic mass is 32.1. The largest absolute Gasteiger partial charge is 0.497 e. The van der Waals surface area contributed by atoms with E-state index in [4.69, 9.17) is 14.6 Å². The minimum absolute atomic E-state index is 0.215. The number of methoxy groups -OCH3 is 1. The van der Waals surface area contributed by atoms with Gasteiger partial charge in [0.15, 0.2) is 5.01 Å². The van der Waals surface area contributed by atoms with Crippen LogP contribution in [-0.4, -0.2) is 34.3 Å². The Kier molecular flexibility index (Phi) is 4.82. The minimum Gasteiger partial charge on any atom is -0.497 e. The first-order valence-corrected chi connectivity index (χ1v) is 8.77. The molecule has 0 aliphatic heterocycles. The van der Waals surface area contributed by atoms with Gasteiger partial charge in [-0.1, -0.05) is 25.2 Å². The maximum Gasteiger partial charge on any atom is 0.307 e. The van der Waals surface area contributed by atoms with Crippen LogP contribution in [0.2, 0.25) is 0 Å². The highest BCUT2D eigenvalue weighted by Gasteiger charge is 2.66. The molecule has 0 radical (unpaired) electrons. The Labute approximate surface area is 154 Å². The van der Waals surface area contributed by atoms with Gasteiger partial charge >= 0.3 is 5.97 Å². The number of hydrogen-bond donors (Lipinski definition) is 2. The van der Waals surface area contributed by atoms with Crippen LogP contribution in [-0.2, 0) is 16.2 Å². The smallest absolute Gasteiger partial charge is 0.307 e. The molecule has 2 atom stereocenters. The number of ether oxygens (including phenoxy) is 2. The van der Waals surface area contributed by atoms with Crippen LogP contribution in [0.5, 0.6) is 11.5 Å². The van der Waals surface area contributed by atoms with Gasteiger partial charge in [0.25, 0.3) is 0 Å². The number of carboxylic acids is 1. The van der Waals surface area contributed by atoms with E-state index in [-0.39, 0.29) is 12.5 Å². The fraction of sp³-hybridized carbons (Fsp3) is 0.412. The van der Waals surface area contributed by atoms with Crippen LogP contribution in [0.1, 0.15) is 18.9 Å². The molecule has 0 bridgehead atoms. The second kappa shape index (κ2) is 6.91. The van der Waals surface area contributed by atoms with Gasteiger partial charge in [0.2, 0.25) is 11.0 Å². The van der Waals surface area contributed by atoms with Gasteiger partial charge in [-0.15, -0.1) is 10.2 Å². The molecule has 0 saturated heterocycles. The van der Waals surface area contributed by atoms with E-state index in [1.54, 1.807) is 45.2 Å². The topological polar surface area (TPSA) is 111 Å². The molecular weight excluding hydrogens is 358 g/mol. The minimum atomic E-state index is -0.957. The number of aliphatic carboxylic acids is 1. The van der Waals surface area contributed by atoms with E-state index < -0.39 is 23.2 Å². The molecule has 1 heterocycles. The lowest BCUT2D eigenvalue weighted by Gasteiger charge is -2.04. The molecule has 138 valence electrons. The van der Waals surface area contributed by atoms with E-state index in [2.05, 4.69) is 15.5 Å². The van der Waals surface area contributed by atoms with Gasteiger partial charge in [-0.2, -0.15) is 0 Å². The second-order valence-electron chi connectivity index (χ2n) is 6.57. The van der Waals surface area contributed by atoms with Gasteiger partial charge in [0, 0.05) is 0 Å². The fourth-order valence-electron chi connectivity index (χ4n) is 2.95. The Morgan fingerprint density at radius 3 is 2.42 bits per heavy atom. The summed E-state index contributed by atoms with van der Waals surface area (Å²) in [4.78, 5) is 23.5. The molecule has 1 amide bonds. The Morgan fingerprint density at radius 1 is 1.19 bits per heavy atom. The number of carbonyl (C=O) groups excluding carboxylic acids is 1. The molecule has 1 aromatic heterocycles. The molecule has 9 heteroatoms. The van der Waals surface area contributed by atoms with Crippen molar-refractivity contribution in [3.8, 4) is 11.5 Å². The van der Waals surface area contributed by atoms with Crippen molar-refractivity contribution in [3.05, 3.63) is 29.3 Å². The molecule has 1 aromatic carbocycles. The zero-order chi connectivity index (χ0) is 18.9. The highest BCUT2D eigenvalue weighted by Crippen LogP contribution is 2.58. The molecule has 2 aromatic rings. The summed E-state index contributed by atoms with van der Waals surface area (Å²) in [6, 6.07) is 7.14. The van der Waals surface area contributed by atoms with Crippen molar-refractivity contribution in [2.24, 2.45) is 17.3 Å². The maximum atomic E-state index is 12.3. The number of benzene rings is 1. The van der Waals surface area contributed by atoms with E-state index in [9.17, 15) is 9.59 Å². The first kappa shape index (κ1) is 18.1. The van der Waals surface area contributed by atoms with Crippen molar-refractivity contribution in [2.45, 2.75) is 20.5 Å². The summed E-state index contributed by atoms with van der Waals surface area (Å²) in [5.41, 5.74) is -0.555. The third-order valence-corrected chi connectivity index (χ3v) is 5.31. The van der Waals surface area contributed by atoms with Crippen molar-refractivity contribution >= 4 is 28.3 Å². The number of aromatic nitrogens is 2. The molecular formula is C17H19N3O5S. The Morgan fingerprint density at radius 2 is 1.85 bits per heavy atom. The van der Waals surface area contributed by atoms with Gasteiger partial charge < -0.3 is 19.9 Å². The van der Waals surface area contributed by atoms with Crippen molar-refractivity contribution in [2.75, 3.05) is 12.4 Å². The van der Waals surface area contributed by atoms with E-state index in [0.717, 1.165) is 5.75 Å². The van der Waals surface area contributed by atoms with Gasteiger partial charge in [-0.3, -0.25) is 9.59 Å². The summed E-state index contributed by atoms with van der Waals surface area (Å²) < 4.78 is 10.7. The third-order valence-electron chi connectivity index (χ3n) is 4.49. The normalized spacial score (nSPS) is 20.3. The summed E-state index contributed by atoms with van der Waals surface area (Å²) in [6.07, 6.45) is 0. The lowest BCUT2D eigenvalue weighted by molar-refractivity contribution is -0.140. The van der Waals surface area contributed by atoms with Crippen LogP contribution in [0.15, 0.2) is 24.3 Å². The Hall–Kier alpha value is -2.68. The van der Waals surface area contributed by atoms with Crippen molar-refractivity contribution in [1.82, 2.24) is 10.2 Å². The SMILES string of the molecule is COc1ccc(OCc2nnc(NC(=O)[C@H]3[C@@H](C(=O)O)C3(C)C)s2)cc1. The molecule has 0 unspecified atom stereocenters. The lowest BCUT2D eigenvalue weighted by Crippen LogP contribution is -2.17. The third kappa shape index (κ3) is 3.62. The lowest BCUT2D eigenvalue weighted by atomic mass is 10.1. The Bertz CT molecular complexity index is 818. The van der Waals surface area contributed by atoms with Crippen LogP contribution in [0.4, 0.5) is 5.13 Å². The number of nitrogens with one attached hydrogen (secondary N) is 1. The maximum absolute atomic E-state index is 12.3. The molecule has 1 fully saturated rings. The Balaban J connectivity index is 1.55. The molecule has 2 N–H and O–H groups in total. The molecule has 3 rings (SSSR count). The van der Waals surface area contributed by atoms with E-state index >= 15 is 0 Å². The zero-order valence-corrected chi connectivity index (χ0v) is 15.4. The number of nitrogens with zero attached hydrogens (tertiary/aromatic N) is 2. The van der Waals surface area contributed by atoms with Crippen molar-refractivity contribution in [1.29, 1.82) is 0 Å². The van der Waals surface area contributed by atoms with E-state index in [1.165, 1.54) is 11.3 Å². The highest BCUT2D eigenvalue weighted by molar-refractivity contribution is 7.15. The zero-order valence-electron chi connectivity index (χ0n) is 14.6. The predicted molar refractivity (Wildman–Crippen MR) is 94.3 cm³/mol. The molecule has 1 aliphatic rings. The number of carbonyl (C=O) groups is 2. The van der Waals surface area contributed by atoms with Crippen LogP contribution in [0, 0.1) is 17.3 Å². The van der Waals surface area contributed by atoms with Gasteiger partial charge in [0.1, 0.15) is 18.1 Å².